The SMILES string of the molecule is CCOc1ccccc1/C=C/C(=O)OCC(=O)c1cccc(N2CCCC2=O)c1. The maximum absolute atomic E-state index is 12.4. The summed E-state index contributed by atoms with van der Waals surface area (Å²) in [5.41, 5.74) is 1.85. The number of nitrogens with zero attached hydrogens (tertiary/aromatic N) is 1. The summed E-state index contributed by atoms with van der Waals surface area (Å²) < 4.78 is 10.6. The first-order valence-electron chi connectivity index (χ1n) is 9.59. The van der Waals surface area contributed by atoms with E-state index in [0.717, 1.165) is 12.0 Å². The third-order valence-electron chi connectivity index (χ3n) is 4.52. The summed E-state index contributed by atoms with van der Waals surface area (Å²) in [6, 6.07) is 14.2. The Labute approximate surface area is 169 Å². The Balaban J connectivity index is 1.58. The highest BCUT2D eigenvalue weighted by Gasteiger charge is 2.22. The van der Waals surface area contributed by atoms with Gasteiger partial charge >= 0.3 is 5.97 Å². The van der Waals surface area contributed by atoms with Crippen LogP contribution in [0, 0.1) is 0 Å². The number of hydrogen-bond donors (Lipinski definition) is 0. The Morgan fingerprint density at radius 1 is 1.14 bits per heavy atom. The Bertz CT molecular complexity index is 934. The van der Waals surface area contributed by atoms with E-state index in [9.17, 15) is 14.4 Å². The van der Waals surface area contributed by atoms with Crippen molar-refractivity contribution >= 4 is 29.4 Å². The lowest BCUT2D eigenvalue weighted by molar-refractivity contribution is -0.136. The van der Waals surface area contributed by atoms with Crippen molar-refractivity contribution in [1.29, 1.82) is 0 Å². The zero-order valence-corrected chi connectivity index (χ0v) is 16.3. The Hall–Kier alpha value is -3.41. The minimum atomic E-state index is -0.615. The molecular formula is C23H23NO5. The zero-order valence-electron chi connectivity index (χ0n) is 16.3. The summed E-state index contributed by atoms with van der Waals surface area (Å²) in [4.78, 5) is 37.9. The van der Waals surface area contributed by atoms with Crippen molar-refractivity contribution in [3.63, 3.8) is 0 Å². The number of Topliss-reactive ketones (excluding diaryl/α,β-unsaturated/α-hetero) is 1. The minimum Gasteiger partial charge on any atom is -0.493 e. The number of amides is 1. The molecule has 2 aromatic rings. The molecule has 6 heteroatoms. The highest BCUT2D eigenvalue weighted by Crippen LogP contribution is 2.22. The van der Waals surface area contributed by atoms with Crippen LogP contribution in [0.2, 0.25) is 0 Å². The number of anilines is 1. The van der Waals surface area contributed by atoms with Gasteiger partial charge in [0.15, 0.2) is 12.4 Å². The van der Waals surface area contributed by atoms with Crippen molar-refractivity contribution in [2.75, 3.05) is 24.7 Å². The number of carbonyl (C=O) groups excluding carboxylic acids is 3. The molecule has 6 nitrogen and oxygen atoms in total. The highest BCUT2D eigenvalue weighted by atomic mass is 16.5. The van der Waals surface area contributed by atoms with E-state index in [1.54, 1.807) is 35.2 Å². The third-order valence-corrected chi connectivity index (χ3v) is 4.52. The second kappa shape index (κ2) is 9.68. The smallest absolute Gasteiger partial charge is 0.331 e. The average molecular weight is 393 g/mol. The molecule has 1 heterocycles. The molecule has 0 N–H and O–H groups in total. The molecule has 0 bridgehead atoms. The molecule has 1 saturated heterocycles. The van der Waals surface area contributed by atoms with Crippen LogP contribution < -0.4 is 9.64 Å². The predicted molar refractivity (Wildman–Crippen MR) is 110 cm³/mol. The molecule has 1 amide bonds. The number of carbonyl (C=O) groups is 3. The summed E-state index contributed by atoms with van der Waals surface area (Å²) in [6.07, 6.45) is 4.20. The molecule has 0 aromatic heterocycles. The number of esters is 1. The standard InChI is InChI=1S/C23H23NO5/c1-2-28-21-10-4-3-7-17(21)12-13-23(27)29-16-20(25)18-8-5-9-19(15-18)24-14-6-11-22(24)26/h3-5,7-10,12-13,15H,2,6,11,14,16H2,1H3/b13-12+. The summed E-state index contributed by atoms with van der Waals surface area (Å²) in [5, 5.41) is 0. The van der Waals surface area contributed by atoms with Gasteiger partial charge in [-0.2, -0.15) is 0 Å². The fourth-order valence-corrected chi connectivity index (χ4v) is 3.10. The van der Waals surface area contributed by atoms with Gasteiger partial charge in [0, 0.05) is 35.9 Å². The lowest BCUT2D eigenvalue weighted by Gasteiger charge is -2.16. The van der Waals surface area contributed by atoms with Crippen molar-refractivity contribution in [3.05, 3.63) is 65.7 Å². The van der Waals surface area contributed by atoms with Crippen molar-refractivity contribution < 1.29 is 23.9 Å². The normalized spacial score (nSPS) is 13.7. The fraction of sp³-hybridized carbons (Fsp3) is 0.261. The largest absolute Gasteiger partial charge is 0.493 e. The molecule has 0 unspecified atom stereocenters. The first-order valence-corrected chi connectivity index (χ1v) is 9.59. The van der Waals surface area contributed by atoms with Crippen molar-refractivity contribution in [2.45, 2.75) is 19.8 Å². The Morgan fingerprint density at radius 3 is 2.72 bits per heavy atom. The molecule has 1 aliphatic rings. The van der Waals surface area contributed by atoms with Crippen LogP contribution in [0.5, 0.6) is 5.75 Å². The van der Waals surface area contributed by atoms with Gasteiger partial charge in [-0.1, -0.05) is 30.3 Å². The second-order valence-corrected chi connectivity index (χ2v) is 6.53. The van der Waals surface area contributed by atoms with Crippen LogP contribution in [-0.2, 0) is 14.3 Å². The van der Waals surface area contributed by atoms with Gasteiger partial charge in [0.25, 0.3) is 0 Å². The molecule has 1 aliphatic heterocycles. The zero-order chi connectivity index (χ0) is 20.6. The molecule has 0 radical (unpaired) electrons. The third kappa shape index (κ3) is 5.31. The molecule has 0 aliphatic carbocycles. The number of benzene rings is 2. The molecule has 150 valence electrons. The van der Waals surface area contributed by atoms with Crippen LogP contribution in [0.3, 0.4) is 0 Å². The van der Waals surface area contributed by atoms with Crippen LogP contribution >= 0.6 is 0 Å². The number of rotatable bonds is 8. The van der Waals surface area contributed by atoms with Gasteiger partial charge in [0.2, 0.25) is 5.91 Å². The Kier molecular flexibility index (Phi) is 6.79. The van der Waals surface area contributed by atoms with Crippen LogP contribution in [0.1, 0.15) is 35.7 Å². The molecular weight excluding hydrogens is 370 g/mol. The fourth-order valence-electron chi connectivity index (χ4n) is 3.10. The molecule has 1 fully saturated rings. The van der Waals surface area contributed by atoms with Crippen molar-refractivity contribution in [3.8, 4) is 5.75 Å². The number of ketones is 1. The van der Waals surface area contributed by atoms with Gasteiger partial charge in [-0.25, -0.2) is 4.79 Å². The lowest BCUT2D eigenvalue weighted by atomic mass is 10.1. The van der Waals surface area contributed by atoms with E-state index in [1.807, 2.05) is 31.2 Å². The van der Waals surface area contributed by atoms with Crippen LogP contribution in [-0.4, -0.2) is 37.4 Å². The summed E-state index contributed by atoms with van der Waals surface area (Å²) in [7, 11) is 0. The van der Waals surface area contributed by atoms with Crippen molar-refractivity contribution in [2.24, 2.45) is 0 Å². The van der Waals surface area contributed by atoms with E-state index in [1.165, 1.54) is 6.08 Å². The van der Waals surface area contributed by atoms with E-state index < -0.39 is 5.97 Å². The van der Waals surface area contributed by atoms with Gasteiger partial charge in [-0.05, 0) is 37.6 Å². The maximum atomic E-state index is 12.4. The quantitative estimate of drug-likeness (QED) is 0.389. The molecule has 0 spiro atoms. The number of hydrogen-bond acceptors (Lipinski definition) is 5. The van der Waals surface area contributed by atoms with Gasteiger partial charge in [0.1, 0.15) is 5.75 Å². The van der Waals surface area contributed by atoms with E-state index in [-0.39, 0.29) is 18.3 Å². The molecule has 2 aromatic carbocycles. The summed E-state index contributed by atoms with van der Waals surface area (Å²) in [6.45, 7) is 2.69. The summed E-state index contributed by atoms with van der Waals surface area (Å²) in [5.74, 6) is -0.215. The summed E-state index contributed by atoms with van der Waals surface area (Å²) >= 11 is 0. The second-order valence-electron chi connectivity index (χ2n) is 6.53. The topological polar surface area (TPSA) is 72.9 Å². The average Bonchev–Trinajstić information content (AvgIpc) is 3.17. The molecule has 29 heavy (non-hydrogen) atoms. The van der Waals surface area contributed by atoms with Gasteiger partial charge in [-0.3, -0.25) is 9.59 Å². The van der Waals surface area contributed by atoms with Gasteiger partial charge < -0.3 is 14.4 Å². The van der Waals surface area contributed by atoms with Crippen LogP contribution in [0.25, 0.3) is 6.08 Å². The Morgan fingerprint density at radius 2 is 1.97 bits per heavy atom. The minimum absolute atomic E-state index is 0.0542. The van der Waals surface area contributed by atoms with E-state index >= 15 is 0 Å². The van der Waals surface area contributed by atoms with E-state index in [0.29, 0.717) is 36.6 Å². The van der Waals surface area contributed by atoms with Gasteiger partial charge in [-0.15, -0.1) is 0 Å². The monoisotopic (exact) mass is 393 g/mol. The maximum Gasteiger partial charge on any atom is 0.331 e. The van der Waals surface area contributed by atoms with Crippen LogP contribution in [0.4, 0.5) is 5.69 Å². The first-order chi connectivity index (χ1) is 14.1. The number of ether oxygens (including phenoxy) is 2. The molecule has 0 atom stereocenters. The van der Waals surface area contributed by atoms with Crippen LogP contribution in [0.15, 0.2) is 54.6 Å². The van der Waals surface area contributed by atoms with Crippen molar-refractivity contribution in [1.82, 2.24) is 0 Å². The lowest BCUT2D eigenvalue weighted by Crippen LogP contribution is -2.24. The highest BCUT2D eigenvalue weighted by molar-refractivity contribution is 6.01. The van der Waals surface area contributed by atoms with E-state index in [2.05, 4.69) is 0 Å². The molecule has 3 rings (SSSR count). The predicted octanol–water partition coefficient (Wildman–Crippen LogP) is 3.65. The molecule has 0 saturated carbocycles. The van der Waals surface area contributed by atoms with E-state index in [4.69, 9.17) is 9.47 Å². The first kappa shape index (κ1) is 20.3. The number of para-hydroxylation sites is 1. The van der Waals surface area contributed by atoms with Gasteiger partial charge in [0.05, 0.1) is 6.61 Å².